The third-order valence-corrected chi connectivity index (χ3v) is 3.66. The van der Waals surface area contributed by atoms with Gasteiger partial charge in [-0.2, -0.15) is 0 Å². The van der Waals surface area contributed by atoms with E-state index in [4.69, 9.17) is 0 Å². The molecule has 4 heteroatoms. The number of nitrogens with one attached hydrogen (secondary N) is 1. The molecular formula is C15H12N2OS. The van der Waals surface area contributed by atoms with E-state index >= 15 is 0 Å². The van der Waals surface area contributed by atoms with Gasteiger partial charge in [0, 0.05) is 22.9 Å². The first kappa shape index (κ1) is 11.9. The molecule has 19 heavy (non-hydrogen) atoms. The van der Waals surface area contributed by atoms with E-state index in [0.29, 0.717) is 12.2 Å². The molecule has 0 saturated carbocycles. The maximum atomic E-state index is 11.7. The first-order valence-electron chi connectivity index (χ1n) is 5.99. The van der Waals surface area contributed by atoms with Gasteiger partial charge in [-0.15, -0.1) is 11.3 Å². The van der Waals surface area contributed by atoms with E-state index in [1.54, 1.807) is 11.3 Å². The molecule has 0 atom stereocenters. The minimum atomic E-state index is -0.111. The highest BCUT2D eigenvalue weighted by Gasteiger charge is 2.05. The molecule has 3 rings (SSSR count). The van der Waals surface area contributed by atoms with E-state index in [-0.39, 0.29) is 5.56 Å². The van der Waals surface area contributed by atoms with Gasteiger partial charge in [-0.1, -0.05) is 36.4 Å². The summed E-state index contributed by atoms with van der Waals surface area (Å²) in [5.74, 6) is 0.703. The van der Waals surface area contributed by atoms with Crippen LogP contribution in [0.5, 0.6) is 0 Å². The number of hydrogen-bond acceptors (Lipinski definition) is 3. The predicted octanol–water partition coefficient (Wildman–Crippen LogP) is 3.09. The van der Waals surface area contributed by atoms with Gasteiger partial charge in [-0.3, -0.25) is 4.79 Å². The molecule has 94 valence electrons. The SMILES string of the molecule is O=c1cc(-c2ccccc2)nc(Cc2cccs2)[nH]1. The van der Waals surface area contributed by atoms with Crippen LogP contribution in [0, 0.1) is 0 Å². The zero-order chi connectivity index (χ0) is 13.1. The summed E-state index contributed by atoms with van der Waals surface area (Å²) in [5.41, 5.74) is 1.57. The van der Waals surface area contributed by atoms with Gasteiger partial charge in [0.05, 0.1) is 5.69 Å². The average Bonchev–Trinajstić information content (AvgIpc) is 2.92. The number of aromatic amines is 1. The number of thiophene rings is 1. The highest BCUT2D eigenvalue weighted by Crippen LogP contribution is 2.16. The van der Waals surface area contributed by atoms with Crippen LogP contribution in [0.25, 0.3) is 11.3 Å². The smallest absolute Gasteiger partial charge is 0.251 e. The molecule has 0 aliphatic carbocycles. The molecule has 3 aromatic rings. The number of nitrogens with zero attached hydrogens (tertiary/aromatic N) is 1. The first-order chi connectivity index (χ1) is 9.31. The quantitative estimate of drug-likeness (QED) is 0.793. The van der Waals surface area contributed by atoms with Crippen molar-refractivity contribution in [3.05, 3.63) is 75.0 Å². The van der Waals surface area contributed by atoms with Crippen LogP contribution in [0.15, 0.2) is 58.7 Å². The molecule has 3 nitrogen and oxygen atoms in total. The van der Waals surface area contributed by atoms with Crippen LogP contribution in [-0.2, 0) is 6.42 Å². The fourth-order valence-electron chi connectivity index (χ4n) is 1.93. The van der Waals surface area contributed by atoms with Crippen molar-refractivity contribution in [1.82, 2.24) is 9.97 Å². The number of benzene rings is 1. The second kappa shape index (κ2) is 5.20. The highest BCUT2D eigenvalue weighted by atomic mass is 32.1. The van der Waals surface area contributed by atoms with Crippen molar-refractivity contribution in [3.63, 3.8) is 0 Å². The number of aromatic nitrogens is 2. The molecule has 2 aromatic heterocycles. The van der Waals surface area contributed by atoms with Crippen molar-refractivity contribution in [2.75, 3.05) is 0 Å². The monoisotopic (exact) mass is 268 g/mol. The van der Waals surface area contributed by atoms with Gasteiger partial charge in [-0.05, 0) is 11.4 Å². The maximum absolute atomic E-state index is 11.7. The van der Waals surface area contributed by atoms with Gasteiger partial charge in [0.1, 0.15) is 5.82 Å². The summed E-state index contributed by atoms with van der Waals surface area (Å²) < 4.78 is 0. The summed E-state index contributed by atoms with van der Waals surface area (Å²) in [5, 5.41) is 2.02. The van der Waals surface area contributed by atoms with Crippen LogP contribution in [-0.4, -0.2) is 9.97 Å². The Bertz CT molecular complexity index is 717. The minimum Gasteiger partial charge on any atom is -0.310 e. The molecule has 0 aliphatic rings. The van der Waals surface area contributed by atoms with Crippen LogP contribution in [0.3, 0.4) is 0 Å². The fraction of sp³-hybridized carbons (Fsp3) is 0.0667. The molecular weight excluding hydrogens is 256 g/mol. The fourth-order valence-corrected chi connectivity index (χ4v) is 2.64. The van der Waals surface area contributed by atoms with Gasteiger partial charge in [-0.25, -0.2) is 4.98 Å². The lowest BCUT2D eigenvalue weighted by Gasteiger charge is -2.03. The normalized spacial score (nSPS) is 10.5. The Morgan fingerprint density at radius 1 is 1.11 bits per heavy atom. The highest BCUT2D eigenvalue weighted by molar-refractivity contribution is 7.09. The maximum Gasteiger partial charge on any atom is 0.251 e. The average molecular weight is 268 g/mol. The lowest BCUT2D eigenvalue weighted by atomic mass is 10.1. The molecule has 0 fully saturated rings. The Balaban J connectivity index is 1.99. The predicted molar refractivity (Wildman–Crippen MR) is 77.4 cm³/mol. The Morgan fingerprint density at radius 3 is 2.68 bits per heavy atom. The standard InChI is InChI=1S/C15H12N2OS/c18-15-10-13(11-5-2-1-3-6-11)16-14(17-15)9-12-7-4-8-19-12/h1-8,10H,9H2,(H,16,17,18). The van der Waals surface area contributed by atoms with Crippen LogP contribution in [0.2, 0.25) is 0 Å². The number of rotatable bonds is 3. The van der Waals surface area contributed by atoms with Crippen LogP contribution in [0.1, 0.15) is 10.7 Å². The van der Waals surface area contributed by atoms with Crippen molar-refractivity contribution >= 4 is 11.3 Å². The van der Waals surface area contributed by atoms with E-state index in [1.165, 1.54) is 10.9 Å². The lowest BCUT2D eigenvalue weighted by Crippen LogP contribution is -2.11. The Morgan fingerprint density at radius 2 is 1.95 bits per heavy atom. The van der Waals surface area contributed by atoms with Crippen LogP contribution >= 0.6 is 11.3 Å². The third kappa shape index (κ3) is 2.80. The zero-order valence-electron chi connectivity index (χ0n) is 10.2. The van der Waals surface area contributed by atoms with Crippen molar-refractivity contribution < 1.29 is 0 Å². The Hall–Kier alpha value is -2.20. The summed E-state index contributed by atoms with van der Waals surface area (Å²) in [7, 11) is 0. The molecule has 1 aromatic carbocycles. The second-order valence-corrected chi connectivity index (χ2v) is 5.23. The van der Waals surface area contributed by atoms with Crippen LogP contribution in [0.4, 0.5) is 0 Å². The second-order valence-electron chi connectivity index (χ2n) is 4.20. The zero-order valence-corrected chi connectivity index (χ0v) is 11.0. The van der Waals surface area contributed by atoms with E-state index in [9.17, 15) is 4.79 Å². The van der Waals surface area contributed by atoms with Crippen molar-refractivity contribution in [1.29, 1.82) is 0 Å². The van der Waals surface area contributed by atoms with Gasteiger partial charge >= 0.3 is 0 Å². The molecule has 0 spiro atoms. The molecule has 0 amide bonds. The van der Waals surface area contributed by atoms with Crippen molar-refractivity contribution in [2.24, 2.45) is 0 Å². The van der Waals surface area contributed by atoms with E-state index in [2.05, 4.69) is 9.97 Å². The molecule has 2 heterocycles. The topological polar surface area (TPSA) is 45.8 Å². The lowest BCUT2D eigenvalue weighted by molar-refractivity contribution is 0.961. The molecule has 0 bridgehead atoms. The first-order valence-corrected chi connectivity index (χ1v) is 6.87. The van der Waals surface area contributed by atoms with Crippen molar-refractivity contribution in [2.45, 2.75) is 6.42 Å². The molecule has 0 radical (unpaired) electrons. The number of H-pyrrole nitrogens is 1. The summed E-state index contributed by atoms with van der Waals surface area (Å²) >= 11 is 1.66. The van der Waals surface area contributed by atoms with E-state index < -0.39 is 0 Å². The number of hydrogen-bond donors (Lipinski definition) is 1. The van der Waals surface area contributed by atoms with Gasteiger partial charge in [0.15, 0.2) is 0 Å². The van der Waals surface area contributed by atoms with Gasteiger partial charge < -0.3 is 4.98 Å². The molecule has 0 unspecified atom stereocenters. The van der Waals surface area contributed by atoms with E-state index in [1.807, 2.05) is 47.8 Å². The third-order valence-electron chi connectivity index (χ3n) is 2.78. The minimum absolute atomic E-state index is 0.111. The van der Waals surface area contributed by atoms with Crippen molar-refractivity contribution in [3.8, 4) is 11.3 Å². The van der Waals surface area contributed by atoms with Gasteiger partial charge in [0.2, 0.25) is 0 Å². The Kier molecular flexibility index (Phi) is 3.25. The summed E-state index contributed by atoms with van der Waals surface area (Å²) in [6.45, 7) is 0. The molecule has 0 aliphatic heterocycles. The summed E-state index contributed by atoms with van der Waals surface area (Å²) in [6, 6.07) is 15.3. The van der Waals surface area contributed by atoms with Gasteiger partial charge in [0.25, 0.3) is 5.56 Å². The molecule has 1 N–H and O–H groups in total. The van der Waals surface area contributed by atoms with E-state index in [0.717, 1.165) is 11.3 Å². The summed E-state index contributed by atoms with van der Waals surface area (Å²) in [6.07, 6.45) is 0.660. The molecule has 0 saturated heterocycles. The largest absolute Gasteiger partial charge is 0.310 e. The summed E-state index contributed by atoms with van der Waals surface area (Å²) in [4.78, 5) is 20.2. The van der Waals surface area contributed by atoms with Crippen LogP contribution < -0.4 is 5.56 Å². The Labute approximate surface area is 114 Å².